The second-order valence-electron chi connectivity index (χ2n) is 7.04. The lowest BCUT2D eigenvalue weighted by atomic mass is 10.1. The molecule has 1 unspecified atom stereocenters. The molecular formula is C21H22N4O2. The lowest BCUT2D eigenvalue weighted by molar-refractivity contribution is -0.126. The Labute approximate surface area is 157 Å². The fraction of sp³-hybridized carbons (Fsp3) is 0.286. The van der Waals surface area contributed by atoms with Gasteiger partial charge < -0.3 is 14.8 Å². The van der Waals surface area contributed by atoms with Crippen molar-refractivity contribution in [2.45, 2.75) is 13.0 Å². The summed E-state index contributed by atoms with van der Waals surface area (Å²) in [6.07, 6.45) is 0.568. The van der Waals surface area contributed by atoms with Crippen LogP contribution in [0.2, 0.25) is 0 Å². The second-order valence-corrected chi connectivity index (χ2v) is 7.04. The van der Waals surface area contributed by atoms with Gasteiger partial charge in [-0.1, -0.05) is 24.3 Å². The molecule has 1 fully saturated rings. The molecule has 1 aliphatic rings. The van der Waals surface area contributed by atoms with Crippen LogP contribution in [0.4, 0.5) is 0 Å². The Morgan fingerprint density at radius 3 is 2.59 bits per heavy atom. The average Bonchev–Trinajstić information content (AvgIpc) is 3.21. The Morgan fingerprint density at radius 1 is 1.19 bits per heavy atom. The van der Waals surface area contributed by atoms with Crippen molar-refractivity contribution in [2.24, 2.45) is 5.92 Å². The maximum atomic E-state index is 11.9. The van der Waals surface area contributed by atoms with Crippen LogP contribution in [0.1, 0.15) is 16.8 Å². The highest BCUT2D eigenvalue weighted by molar-refractivity contribution is 5.94. The van der Waals surface area contributed by atoms with Crippen LogP contribution in [0, 0.1) is 5.92 Å². The van der Waals surface area contributed by atoms with Gasteiger partial charge in [-0.3, -0.25) is 9.59 Å². The Bertz CT molecular complexity index is 1010. The van der Waals surface area contributed by atoms with Crippen molar-refractivity contribution in [3.8, 4) is 11.4 Å². The van der Waals surface area contributed by atoms with E-state index in [1.54, 1.807) is 11.9 Å². The first-order chi connectivity index (χ1) is 13.1. The molecule has 2 amide bonds. The van der Waals surface area contributed by atoms with E-state index in [0.29, 0.717) is 12.0 Å². The number of benzene rings is 2. The zero-order valence-electron chi connectivity index (χ0n) is 15.5. The molecule has 1 aliphatic heterocycles. The van der Waals surface area contributed by atoms with Gasteiger partial charge in [0.05, 0.1) is 11.0 Å². The molecule has 4 rings (SSSR count). The molecule has 0 bridgehead atoms. The largest absolute Gasteiger partial charge is 0.355 e. The number of rotatable bonds is 4. The molecule has 2 heterocycles. The number of hydrogen-bond donors (Lipinski definition) is 1. The number of amides is 2. The van der Waals surface area contributed by atoms with Crippen molar-refractivity contribution in [1.82, 2.24) is 19.8 Å². The minimum Gasteiger partial charge on any atom is -0.355 e. The molecular weight excluding hydrogens is 340 g/mol. The van der Waals surface area contributed by atoms with Crippen molar-refractivity contribution in [2.75, 3.05) is 20.6 Å². The van der Waals surface area contributed by atoms with Crippen LogP contribution in [0.3, 0.4) is 0 Å². The quantitative estimate of drug-likeness (QED) is 0.776. The SMILES string of the molecule is CNC(=O)c1ccc(-c2nc3ccccc3n2CC2CC(=O)N(C)C2)cc1. The summed E-state index contributed by atoms with van der Waals surface area (Å²) >= 11 is 0. The number of nitrogens with one attached hydrogen (secondary N) is 1. The zero-order chi connectivity index (χ0) is 19.0. The molecule has 1 aromatic heterocycles. The van der Waals surface area contributed by atoms with Crippen molar-refractivity contribution in [3.63, 3.8) is 0 Å². The number of aromatic nitrogens is 2. The van der Waals surface area contributed by atoms with Gasteiger partial charge in [-0.05, 0) is 24.3 Å². The summed E-state index contributed by atoms with van der Waals surface area (Å²) in [6.45, 7) is 1.50. The van der Waals surface area contributed by atoms with Gasteiger partial charge in [0.15, 0.2) is 0 Å². The van der Waals surface area contributed by atoms with Crippen LogP contribution in [0.25, 0.3) is 22.4 Å². The number of carbonyl (C=O) groups excluding carboxylic acids is 2. The molecule has 0 radical (unpaired) electrons. The highest BCUT2D eigenvalue weighted by atomic mass is 16.2. The van der Waals surface area contributed by atoms with Crippen LogP contribution >= 0.6 is 0 Å². The van der Waals surface area contributed by atoms with E-state index in [-0.39, 0.29) is 17.7 Å². The molecule has 1 atom stereocenters. The van der Waals surface area contributed by atoms with E-state index in [0.717, 1.165) is 35.5 Å². The topological polar surface area (TPSA) is 67.2 Å². The lowest BCUT2D eigenvalue weighted by Gasteiger charge is -2.14. The van der Waals surface area contributed by atoms with Crippen molar-refractivity contribution in [3.05, 3.63) is 54.1 Å². The molecule has 1 N–H and O–H groups in total. The minimum absolute atomic E-state index is 0.109. The van der Waals surface area contributed by atoms with E-state index in [1.165, 1.54) is 0 Å². The Kier molecular flexibility index (Phi) is 4.39. The predicted octanol–water partition coefficient (Wildman–Crippen LogP) is 2.54. The van der Waals surface area contributed by atoms with Crippen molar-refractivity contribution >= 4 is 22.8 Å². The third-order valence-corrected chi connectivity index (χ3v) is 5.15. The van der Waals surface area contributed by atoms with E-state index in [4.69, 9.17) is 4.98 Å². The summed E-state index contributed by atoms with van der Waals surface area (Å²) in [7, 11) is 3.47. The summed E-state index contributed by atoms with van der Waals surface area (Å²) in [6, 6.07) is 15.5. The van der Waals surface area contributed by atoms with Crippen LogP contribution < -0.4 is 5.32 Å². The van der Waals surface area contributed by atoms with E-state index in [1.807, 2.05) is 49.5 Å². The first kappa shape index (κ1) is 17.3. The Hall–Kier alpha value is -3.15. The molecule has 0 spiro atoms. The number of likely N-dealkylation sites (tertiary alicyclic amines) is 1. The van der Waals surface area contributed by atoms with E-state index < -0.39 is 0 Å². The second kappa shape index (κ2) is 6.87. The summed E-state index contributed by atoms with van der Waals surface area (Å²) in [5.74, 6) is 1.22. The molecule has 138 valence electrons. The number of fused-ring (bicyclic) bond motifs is 1. The minimum atomic E-state index is -0.109. The smallest absolute Gasteiger partial charge is 0.251 e. The van der Waals surface area contributed by atoms with Gasteiger partial charge in [-0.15, -0.1) is 0 Å². The van der Waals surface area contributed by atoms with Gasteiger partial charge in [-0.25, -0.2) is 4.98 Å². The van der Waals surface area contributed by atoms with Crippen molar-refractivity contribution < 1.29 is 9.59 Å². The normalized spacial score (nSPS) is 16.9. The molecule has 27 heavy (non-hydrogen) atoms. The van der Waals surface area contributed by atoms with E-state index in [9.17, 15) is 9.59 Å². The summed E-state index contributed by atoms with van der Waals surface area (Å²) < 4.78 is 2.20. The summed E-state index contributed by atoms with van der Waals surface area (Å²) in [4.78, 5) is 30.3. The number of para-hydroxylation sites is 2. The molecule has 6 heteroatoms. The molecule has 2 aromatic carbocycles. The summed E-state index contributed by atoms with van der Waals surface area (Å²) in [5, 5.41) is 2.63. The van der Waals surface area contributed by atoms with Gasteiger partial charge in [0.1, 0.15) is 5.82 Å². The first-order valence-electron chi connectivity index (χ1n) is 9.08. The highest BCUT2D eigenvalue weighted by Gasteiger charge is 2.28. The predicted molar refractivity (Wildman–Crippen MR) is 104 cm³/mol. The third kappa shape index (κ3) is 3.18. The summed E-state index contributed by atoms with van der Waals surface area (Å²) in [5.41, 5.74) is 3.56. The fourth-order valence-corrected chi connectivity index (χ4v) is 3.73. The van der Waals surface area contributed by atoms with Crippen LogP contribution in [0.5, 0.6) is 0 Å². The van der Waals surface area contributed by atoms with Gasteiger partial charge in [0, 0.05) is 50.7 Å². The molecule has 0 saturated carbocycles. The van der Waals surface area contributed by atoms with Gasteiger partial charge in [0.2, 0.25) is 5.91 Å². The maximum absolute atomic E-state index is 11.9. The highest BCUT2D eigenvalue weighted by Crippen LogP contribution is 2.28. The van der Waals surface area contributed by atoms with E-state index >= 15 is 0 Å². The zero-order valence-corrected chi connectivity index (χ0v) is 15.5. The van der Waals surface area contributed by atoms with E-state index in [2.05, 4.69) is 16.0 Å². The third-order valence-electron chi connectivity index (χ3n) is 5.15. The average molecular weight is 362 g/mol. The maximum Gasteiger partial charge on any atom is 0.251 e. The molecule has 1 saturated heterocycles. The number of imidazole rings is 1. The Morgan fingerprint density at radius 2 is 1.93 bits per heavy atom. The monoisotopic (exact) mass is 362 g/mol. The van der Waals surface area contributed by atoms with Gasteiger partial charge >= 0.3 is 0 Å². The number of nitrogens with zero attached hydrogens (tertiary/aromatic N) is 3. The van der Waals surface area contributed by atoms with Crippen LogP contribution in [-0.4, -0.2) is 46.9 Å². The number of hydrogen-bond acceptors (Lipinski definition) is 3. The molecule has 0 aliphatic carbocycles. The molecule has 6 nitrogen and oxygen atoms in total. The Balaban J connectivity index is 1.74. The first-order valence-corrected chi connectivity index (χ1v) is 9.08. The van der Waals surface area contributed by atoms with Crippen molar-refractivity contribution in [1.29, 1.82) is 0 Å². The standard InChI is InChI=1S/C21H22N4O2/c1-22-21(27)16-9-7-15(8-10-16)20-23-17-5-3-4-6-18(17)25(20)13-14-11-19(26)24(2)12-14/h3-10,14H,11-13H2,1-2H3,(H,22,27). The van der Waals surface area contributed by atoms with Crippen LogP contribution in [0.15, 0.2) is 48.5 Å². The van der Waals surface area contributed by atoms with Gasteiger partial charge in [0.25, 0.3) is 5.91 Å². The van der Waals surface area contributed by atoms with Crippen LogP contribution in [-0.2, 0) is 11.3 Å². The lowest BCUT2D eigenvalue weighted by Crippen LogP contribution is -2.20. The number of carbonyl (C=O) groups is 2. The van der Waals surface area contributed by atoms with Gasteiger partial charge in [-0.2, -0.15) is 0 Å². The molecule has 3 aromatic rings. The fourth-order valence-electron chi connectivity index (χ4n) is 3.73.